The van der Waals surface area contributed by atoms with Crippen LogP contribution < -0.4 is 15.2 Å². The first-order valence-electron chi connectivity index (χ1n) is 11.1. The summed E-state index contributed by atoms with van der Waals surface area (Å²) in [4.78, 5) is 34.4. The van der Waals surface area contributed by atoms with Gasteiger partial charge in [0.2, 0.25) is 17.7 Å². The second kappa shape index (κ2) is 8.59. The Morgan fingerprint density at radius 3 is 2.71 bits per heavy atom. The van der Waals surface area contributed by atoms with Gasteiger partial charge in [0.25, 0.3) is 0 Å². The topological polar surface area (TPSA) is 126 Å². The average Bonchev–Trinajstić information content (AvgIpc) is 3.48. The Morgan fingerprint density at radius 2 is 2.00 bits per heavy atom. The number of primary amides is 1. The van der Waals surface area contributed by atoms with Crippen molar-refractivity contribution in [3.63, 3.8) is 0 Å². The van der Waals surface area contributed by atoms with Crippen molar-refractivity contribution in [2.45, 2.75) is 56.9 Å². The third-order valence-corrected chi connectivity index (χ3v) is 6.75. The fraction of sp³-hybridized carbons (Fsp3) is 0.478. The van der Waals surface area contributed by atoms with E-state index in [-0.39, 0.29) is 46.3 Å². The van der Waals surface area contributed by atoms with Crippen molar-refractivity contribution >= 4 is 23.6 Å². The van der Waals surface area contributed by atoms with Crippen LogP contribution in [0.4, 0.5) is 4.79 Å². The fourth-order valence-electron chi connectivity index (χ4n) is 4.23. The molecule has 3 heterocycles. The van der Waals surface area contributed by atoms with Crippen LogP contribution in [-0.2, 0) is 9.47 Å². The van der Waals surface area contributed by atoms with Gasteiger partial charge in [0.15, 0.2) is 0 Å². The molecule has 1 aromatic heterocycles. The predicted octanol–water partition coefficient (Wildman–Crippen LogP) is 3.24. The van der Waals surface area contributed by atoms with Crippen LogP contribution in [0.5, 0.6) is 17.5 Å². The molecule has 3 atom stereocenters. The first-order valence-corrected chi connectivity index (χ1v) is 11.5. The Labute approximate surface area is 201 Å². The van der Waals surface area contributed by atoms with E-state index in [1.165, 1.54) is 18.5 Å². The van der Waals surface area contributed by atoms with E-state index >= 15 is 0 Å². The third-order valence-electron chi connectivity index (χ3n) is 6.46. The quantitative estimate of drug-likeness (QED) is 0.656. The number of hydrogen-bond acceptors (Lipinski definition) is 8. The van der Waals surface area contributed by atoms with Gasteiger partial charge in [0.05, 0.1) is 35.9 Å². The summed E-state index contributed by atoms with van der Waals surface area (Å²) >= 11 is 6.24. The smallest absolute Gasteiger partial charge is 0.411 e. The summed E-state index contributed by atoms with van der Waals surface area (Å²) in [7, 11) is 0. The van der Waals surface area contributed by atoms with E-state index in [4.69, 9.17) is 36.3 Å². The number of aromatic nitrogens is 2. The van der Waals surface area contributed by atoms with Crippen LogP contribution in [0.2, 0.25) is 5.02 Å². The van der Waals surface area contributed by atoms with Crippen molar-refractivity contribution in [2.24, 2.45) is 5.73 Å². The molecule has 2 N–H and O–H groups in total. The Kier molecular flexibility index (Phi) is 5.73. The number of halogens is 1. The normalized spacial score (nSPS) is 24.4. The molecule has 2 amide bonds. The highest BCUT2D eigenvalue weighted by molar-refractivity contribution is 6.32. The van der Waals surface area contributed by atoms with Gasteiger partial charge in [-0.25, -0.2) is 14.8 Å². The van der Waals surface area contributed by atoms with E-state index in [0.29, 0.717) is 36.8 Å². The summed E-state index contributed by atoms with van der Waals surface area (Å²) in [5.41, 5.74) is 5.78. The van der Waals surface area contributed by atoms with Crippen molar-refractivity contribution in [3.8, 4) is 17.5 Å². The minimum absolute atomic E-state index is 0.112. The molecule has 1 aliphatic carbocycles. The lowest BCUT2D eigenvalue weighted by Crippen LogP contribution is -2.52. The Hall–Kier alpha value is -3.11. The minimum Gasteiger partial charge on any atom is -0.472 e. The molecule has 3 fully saturated rings. The number of nitrogens with two attached hydrogens (primary N) is 1. The zero-order valence-corrected chi connectivity index (χ0v) is 19.6. The average molecular weight is 489 g/mol. The van der Waals surface area contributed by atoms with Crippen molar-refractivity contribution in [1.29, 1.82) is 0 Å². The molecule has 5 rings (SSSR count). The number of carbonyl (C=O) groups is 2. The number of hydrogen-bond donors (Lipinski definition) is 1. The van der Waals surface area contributed by atoms with Crippen LogP contribution in [0.25, 0.3) is 0 Å². The van der Waals surface area contributed by atoms with Crippen molar-refractivity contribution in [1.82, 2.24) is 14.9 Å². The first-order chi connectivity index (χ1) is 16.2. The Bertz CT molecular complexity index is 1140. The van der Waals surface area contributed by atoms with E-state index in [1.54, 1.807) is 17.9 Å². The van der Waals surface area contributed by atoms with Crippen LogP contribution in [0.15, 0.2) is 24.5 Å². The summed E-state index contributed by atoms with van der Waals surface area (Å²) in [5.74, 6) is 0.327. The van der Waals surface area contributed by atoms with Gasteiger partial charge < -0.3 is 24.7 Å². The van der Waals surface area contributed by atoms with E-state index in [0.717, 1.165) is 12.8 Å². The molecule has 2 bridgehead atoms. The minimum atomic E-state index is -0.586. The first kappa shape index (κ1) is 22.7. The van der Waals surface area contributed by atoms with Gasteiger partial charge in [-0.15, -0.1) is 0 Å². The van der Waals surface area contributed by atoms with Gasteiger partial charge in [-0.2, -0.15) is 0 Å². The molecule has 2 aromatic rings. The molecule has 0 radical (unpaired) electrons. The summed E-state index contributed by atoms with van der Waals surface area (Å²) in [6.07, 6.45) is 3.08. The lowest BCUT2D eigenvalue weighted by Gasteiger charge is -2.35. The Morgan fingerprint density at radius 1 is 1.24 bits per heavy atom. The molecule has 0 spiro atoms. The lowest BCUT2D eigenvalue weighted by atomic mass is 10.1. The number of morpholine rings is 1. The van der Waals surface area contributed by atoms with Crippen LogP contribution in [-0.4, -0.2) is 63.9 Å². The molecule has 1 saturated carbocycles. The lowest BCUT2D eigenvalue weighted by molar-refractivity contribution is -0.0362. The highest BCUT2D eigenvalue weighted by atomic mass is 35.5. The van der Waals surface area contributed by atoms with Crippen LogP contribution in [0.1, 0.15) is 42.1 Å². The van der Waals surface area contributed by atoms with E-state index in [2.05, 4.69) is 9.97 Å². The van der Waals surface area contributed by atoms with Gasteiger partial charge in [-0.1, -0.05) is 11.6 Å². The standard InChI is InChI=1S/C23H25ClN4O6/c1-12-20(32-17-4-3-13(19(25)29)7-15(17)24)26-11-27-21(12)33-18-8-14-9-31-10-16(18)28(14)22(30)34-23(2)5-6-23/h3-4,7,11,14,16,18H,5-6,8-10H2,1-2H3,(H2,25,29). The Balaban J connectivity index is 1.32. The summed E-state index contributed by atoms with van der Waals surface area (Å²) in [6.45, 7) is 4.52. The van der Waals surface area contributed by atoms with Gasteiger partial charge in [0.1, 0.15) is 23.8 Å². The molecule has 2 aliphatic heterocycles. The van der Waals surface area contributed by atoms with Gasteiger partial charge in [-0.05, 0) is 44.9 Å². The maximum atomic E-state index is 12.8. The molecule has 3 aliphatic rings. The molecular weight excluding hydrogens is 464 g/mol. The zero-order chi connectivity index (χ0) is 24.0. The predicted molar refractivity (Wildman–Crippen MR) is 120 cm³/mol. The monoisotopic (exact) mass is 488 g/mol. The molecular formula is C23H25ClN4O6. The van der Waals surface area contributed by atoms with Crippen molar-refractivity contribution < 1.29 is 28.5 Å². The maximum Gasteiger partial charge on any atom is 0.411 e. The highest BCUT2D eigenvalue weighted by Gasteiger charge is 2.52. The van der Waals surface area contributed by atoms with E-state index in [9.17, 15) is 9.59 Å². The second-order valence-electron chi connectivity index (χ2n) is 9.10. The van der Waals surface area contributed by atoms with Crippen molar-refractivity contribution in [3.05, 3.63) is 40.7 Å². The zero-order valence-electron chi connectivity index (χ0n) is 18.8. The summed E-state index contributed by atoms with van der Waals surface area (Å²) in [5, 5.41) is 0.219. The molecule has 10 nitrogen and oxygen atoms in total. The number of fused-ring (bicyclic) bond motifs is 2. The summed E-state index contributed by atoms with van der Waals surface area (Å²) < 4.78 is 23.5. The maximum absolute atomic E-state index is 12.8. The fourth-order valence-corrected chi connectivity index (χ4v) is 4.45. The number of amides is 2. The molecule has 1 aromatic carbocycles. The highest BCUT2D eigenvalue weighted by Crippen LogP contribution is 2.41. The van der Waals surface area contributed by atoms with Crippen LogP contribution in [0.3, 0.4) is 0 Å². The third kappa shape index (κ3) is 4.35. The van der Waals surface area contributed by atoms with E-state index in [1.807, 2.05) is 6.92 Å². The van der Waals surface area contributed by atoms with Crippen LogP contribution in [0, 0.1) is 6.92 Å². The number of nitrogens with zero attached hydrogens (tertiary/aromatic N) is 3. The molecule has 2 saturated heterocycles. The number of ether oxygens (including phenoxy) is 4. The molecule has 34 heavy (non-hydrogen) atoms. The SMILES string of the molecule is Cc1c(Oc2ccc(C(N)=O)cc2Cl)ncnc1OC1CC2COCC1N2C(=O)OC1(C)CC1. The number of benzene rings is 1. The van der Waals surface area contributed by atoms with Gasteiger partial charge in [-0.3, -0.25) is 9.69 Å². The molecule has 180 valence electrons. The molecule has 11 heteroatoms. The van der Waals surface area contributed by atoms with E-state index < -0.39 is 5.91 Å². The van der Waals surface area contributed by atoms with Crippen molar-refractivity contribution in [2.75, 3.05) is 13.2 Å². The second-order valence-corrected chi connectivity index (χ2v) is 9.50. The number of carbonyl (C=O) groups excluding carboxylic acids is 2. The largest absolute Gasteiger partial charge is 0.472 e. The van der Waals surface area contributed by atoms with Gasteiger partial charge in [0, 0.05) is 12.0 Å². The van der Waals surface area contributed by atoms with Gasteiger partial charge >= 0.3 is 6.09 Å². The molecule has 3 unspecified atom stereocenters. The van der Waals surface area contributed by atoms with Crippen LogP contribution >= 0.6 is 11.6 Å². The summed E-state index contributed by atoms with van der Waals surface area (Å²) in [6, 6.07) is 4.11. The number of rotatable bonds is 6.